The molecular formula is C21H19ClN2OS. The quantitative estimate of drug-likeness (QED) is 0.678. The molecule has 2 heterocycles. The molecule has 3 nitrogen and oxygen atoms in total. The van der Waals surface area contributed by atoms with Gasteiger partial charge in [-0.15, -0.1) is 11.3 Å². The fraction of sp³-hybridized carbons (Fsp3) is 0.190. The number of thiophene rings is 1. The molecule has 1 aromatic heterocycles. The lowest BCUT2D eigenvalue weighted by Crippen LogP contribution is -2.37. The number of hydrogen-bond acceptors (Lipinski definition) is 3. The first-order chi connectivity index (χ1) is 12.7. The lowest BCUT2D eigenvalue weighted by Gasteiger charge is -2.30. The van der Waals surface area contributed by atoms with Crippen molar-refractivity contribution in [3.05, 3.63) is 87.1 Å². The minimum atomic E-state index is -0.135. The topological polar surface area (TPSA) is 32.3 Å². The fourth-order valence-corrected chi connectivity index (χ4v) is 4.52. The van der Waals surface area contributed by atoms with Crippen molar-refractivity contribution in [3.63, 3.8) is 0 Å². The van der Waals surface area contributed by atoms with Crippen LogP contribution in [0.2, 0.25) is 5.02 Å². The molecule has 5 heteroatoms. The zero-order valence-electron chi connectivity index (χ0n) is 14.2. The molecular weight excluding hydrogens is 364 g/mol. The molecule has 1 amide bonds. The summed E-state index contributed by atoms with van der Waals surface area (Å²) in [6.07, 6.45) is 1.04. The summed E-state index contributed by atoms with van der Waals surface area (Å²) in [5.41, 5.74) is 3.14. The van der Waals surface area contributed by atoms with E-state index in [1.165, 1.54) is 16.1 Å². The summed E-state index contributed by atoms with van der Waals surface area (Å²) in [7, 11) is 0. The van der Waals surface area contributed by atoms with E-state index in [-0.39, 0.29) is 11.9 Å². The van der Waals surface area contributed by atoms with Gasteiger partial charge in [0.2, 0.25) is 0 Å². The number of para-hydroxylation sites is 1. The molecule has 0 bridgehead atoms. The Hall–Kier alpha value is -2.30. The largest absolute Gasteiger partial charge is 0.361 e. The van der Waals surface area contributed by atoms with Crippen LogP contribution in [-0.4, -0.2) is 19.0 Å². The van der Waals surface area contributed by atoms with Crippen molar-refractivity contribution >= 4 is 34.5 Å². The number of nitrogens with one attached hydrogen (secondary N) is 1. The monoisotopic (exact) mass is 382 g/mol. The standard InChI is InChI=1S/C21H19ClN2OS/c22-17-8-3-2-7-16(17)21(25)23-14-19(20-10-5-13-26-20)24-12-11-15-6-1-4-9-18(15)24/h1-10,13,19H,11-12,14H2,(H,23,25). The van der Waals surface area contributed by atoms with Gasteiger partial charge in [0.15, 0.2) is 0 Å². The normalized spacial score (nSPS) is 14.1. The Labute approximate surface area is 162 Å². The van der Waals surface area contributed by atoms with Crippen LogP contribution < -0.4 is 10.2 Å². The molecule has 26 heavy (non-hydrogen) atoms. The number of halogens is 1. The number of amides is 1. The van der Waals surface area contributed by atoms with E-state index in [9.17, 15) is 4.79 Å². The van der Waals surface area contributed by atoms with Crippen LogP contribution in [0.15, 0.2) is 66.0 Å². The third-order valence-electron chi connectivity index (χ3n) is 4.75. The van der Waals surface area contributed by atoms with Crippen molar-refractivity contribution in [2.75, 3.05) is 18.0 Å². The van der Waals surface area contributed by atoms with Crippen LogP contribution in [0.4, 0.5) is 5.69 Å². The van der Waals surface area contributed by atoms with E-state index < -0.39 is 0 Å². The molecule has 1 aliphatic heterocycles. The van der Waals surface area contributed by atoms with Crippen molar-refractivity contribution in [2.24, 2.45) is 0 Å². The van der Waals surface area contributed by atoms with Crippen LogP contribution in [0.25, 0.3) is 0 Å². The first kappa shape index (κ1) is 17.1. The average Bonchev–Trinajstić information content (AvgIpc) is 3.33. The van der Waals surface area contributed by atoms with Gasteiger partial charge in [0.25, 0.3) is 5.91 Å². The predicted molar refractivity (Wildman–Crippen MR) is 108 cm³/mol. The molecule has 1 aliphatic rings. The molecule has 0 radical (unpaired) electrons. The molecule has 0 spiro atoms. The minimum absolute atomic E-state index is 0.116. The lowest BCUT2D eigenvalue weighted by molar-refractivity contribution is 0.0951. The predicted octanol–water partition coefficient (Wildman–Crippen LogP) is 4.94. The van der Waals surface area contributed by atoms with Gasteiger partial charge in [-0.2, -0.15) is 0 Å². The number of nitrogens with zero attached hydrogens (tertiary/aromatic N) is 1. The van der Waals surface area contributed by atoms with Crippen LogP contribution in [0.5, 0.6) is 0 Å². The summed E-state index contributed by atoms with van der Waals surface area (Å²) >= 11 is 7.88. The highest BCUT2D eigenvalue weighted by Crippen LogP contribution is 2.36. The van der Waals surface area contributed by atoms with E-state index >= 15 is 0 Å². The molecule has 2 aromatic carbocycles. The second-order valence-electron chi connectivity index (χ2n) is 6.29. The second-order valence-corrected chi connectivity index (χ2v) is 7.68. The number of benzene rings is 2. The molecule has 1 atom stereocenters. The summed E-state index contributed by atoms with van der Waals surface area (Å²) in [6, 6.07) is 20.0. The highest BCUT2D eigenvalue weighted by molar-refractivity contribution is 7.10. The summed E-state index contributed by atoms with van der Waals surface area (Å²) in [5.74, 6) is -0.135. The maximum absolute atomic E-state index is 12.6. The van der Waals surface area contributed by atoms with Crippen LogP contribution >= 0.6 is 22.9 Å². The molecule has 0 saturated heterocycles. The smallest absolute Gasteiger partial charge is 0.252 e. The second kappa shape index (κ2) is 7.52. The van der Waals surface area contributed by atoms with Gasteiger partial charge < -0.3 is 10.2 Å². The van der Waals surface area contributed by atoms with E-state index in [0.717, 1.165) is 13.0 Å². The van der Waals surface area contributed by atoms with Gasteiger partial charge in [-0.3, -0.25) is 4.79 Å². The summed E-state index contributed by atoms with van der Waals surface area (Å²) < 4.78 is 0. The van der Waals surface area contributed by atoms with Gasteiger partial charge in [0.05, 0.1) is 16.6 Å². The SMILES string of the molecule is O=C(NCC(c1cccs1)N1CCc2ccccc21)c1ccccc1Cl. The van der Waals surface area contributed by atoms with E-state index in [4.69, 9.17) is 11.6 Å². The Morgan fingerprint density at radius 3 is 2.73 bits per heavy atom. The van der Waals surface area contributed by atoms with E-state index in [0.29, 0.717) is 17.1 Å². The van der Waals surface area contributed by atoms with Gasteiger partial charge >= 0.3 is 0 Å². The molecule has 1 unspecified atom stereocenters. The van der Waals surface area contributed by atoms with Crippen molar-refractivity contribution in [3.8, 4) is 0 Å². The molecule has 0 fully saturated rings. The third-order valence-corrected chi connectivity index (χ3v) is 6.05. The maximum Gasteiger partial charge on any atom is 0.252 e. The van der Waals surface area contributed by atoms with Crippen LogP contribution in [-0.2, 0) is 6.42 Å². The van der Waals surface area contributed by atoms with Crippen molar-refractivity contribution < 1.29 is 4.79 Å². The molecule has 0 saturated carbocycles. The molecule has 0 aliphatic carbocycles. The highest BCUT2D eigenvalue weighted by Gasteiger charge is 2.28. The van der Waals surface area contributed by atoms with Gasteiger partial charge in [0.1, 0.15) is 0 Å². The molecule has 132 valence electrons. The Morgan fingerprint density at radius 2 is 1.92 bits per heavy atom. The van der Waals surface area contributed by atoms with Gasteiger partial charge in [-0.05, 0) is 41.6 Å². The Kier molecular flexibility index (Phi) is 4.96. The number of rotatable bonds is 5. The zero-order valence-corrected chi connectivity index (χ0v) is 15.8. The first-order valence-electron chi connectivity index (χ1n) is 8.65. The van der Waals surface area contributed by atoms with E-state index in [1.54, 1.807) is 23.5 Å². The van der Waals surface area contributed by atoms with Gasteiger partial charge in [-0.25, -0.2) is 0 Å². The third kappa shape index (κ3) is 3.35. The summed E-state index contributed by atoms with van der Waals surface area (Å²) in [4.78, 5) is 16.2. The van der Waals surface area contributed by atoms with Gasteiger partial charge in [0, 0.05) is 23.7 Å². The maximum atomic E-state index is 12.6. The minimum Gasteiger partial charge on any atom is -0.361 e. The number of hydrogen-bond donors (Lipinski definition) is 1. The van der Waals surface area contributed by atoms with Gasteiger partial charge in [-0.1, -0.05) is 48.0 Å². The zero-order chi connectivity index (χ0) is 17.9. The highest BCUT2D eigenvalue weighted by atomic mass is 35.5. The van der Waals surface area contributed by atoms with Crippen LogP contribution in [0.1, 0.15) is 26.8 Å². The van der Waals surface area contributed by atoms with E-state index in [2.05, 4.69) is 52.0 Å². The number of carbonyl (C=O) groups excluding carboxylic acids is 1. The van der Waals surface area contributed by atoms with Crippen molar-refractivity contribution in [1.82, 2.24) is 5.32 Å². The number of anilines is 1. The molecule has 3 aromatic rings. The Bertz CT molecular complexity index is 910. The average molecular weight is 383 g/mol. The Balaban J connectivity index is 1.56. The molecule has 1 N–H and O–H groups in total. The van der Waals surface area contributed by atoms with Crippen LogP contribution in [0, 0.1) is 0 Å². The number of carbonyl (C=O) groups is 1. The summed E-state index contributed by atoms with van der Waals surface area (Å²) in [6.45, 7) is 1.50. The molecule has 4 rings (SSSR count). The van der Waals surface area contributed by atoms with E-state index in [1.807, 2.05) is 12.1 Å². The Morgan fingerprint density at radius 1 is 1.12 bits per heavy atom. The first-order valence-corrected chi connectivity index (χ1v) is 9.90. The lowest BCUT2D eigenvalue weighted by atomic mass is 10.1. The van der Waals surface area contributed by atoms with Crippen molar-refractivity contribution in [2.45, 2.75) is 12.5 Å². The van der Waals surface area contributed by atoms with Crippen molar-refractivity contribution in [1.29, 1.82) is 0 Å². The van der Waals surface area contributed by atoms with Crippen LogP contribution in [0.3, 0.4) is 0 Å². The fourth-order valence-electron chi connectivity index (χ4n) is 3.46. The number of fused-ring (bicyclic) bond motifs is 1. The summed E-state index contributed by atoms with van der Waals surface area (Å²) in [5, 5.41) is 5.64.